The van der Waals surface area contributed by atoms with Crippen LogP contribution in [0.5, 0.6) is 0 Å². The standard InChI is InChI=1S/C14H19NO2/c1-3-10(2)8-9-15-12-7-5-4-6-11(12)13(16)14(15)17/h4,6,10H,3,5,7-9H2,1-2H3. The summed E-state index contributed by atoms with van der Waals surface area (Å²) in [6.07, 6.45) is 7.62. The first-order chi connectivity index (χ1) is 8.15. The van der Waals surface area contributed by atoms with E-state index in [1.54, 1.807) is 4.90 Å². The topological polar surface area (TPSA) is 37.4 Å². The van der Waals surface area contributed by atoms with E-state index in [-0.39, 0.29) is 11.7 Å². The molecule has 17 heavy (non-hydrogen) atoms. The van der Waals surface area contributed by atoms with Crippen molar-refractivity contribution in [3.05, 3.63) is 23.4 Å². The fourth-order valence-electron chi connectivity index (χ4n) is 2.29. The van der Waals surface area contributed by atoms with E-state index in [0.29, 0.717) is 18.0 Å². The average Bonchev–Trinajstić information content (AvgIpc) is 2.60. The molecule has 0 N–H and O–H groups in total. The monoisotopic (exact) mass is 233 g/mol. The van der Waals surface area contributed by atoms with Crippen LogP contribution in [0.25, 0.3) is 0 Å². The SMILES string of the molecule is CCC(C)CCN1C(=O)C(=O)C2=C1CCC=C2. The van der Waals surface area contributed by atoms with Crippen molar-refractivity contribution in [2.45, 2.75) is 39.5 Å². The van der Waals surface area contributed by atoms with Crippen LogP contribution in [-0.2, 0) is 9.59 Å². The number of hydrogen-bond donors (Lipinski definition) is 0. The molecule has 0 fully saturated rings. The van der Waals surface area contributed by atoms with Gasteiger partial charge in [0.2, 0.25) is 0 Å². The van der Waals surface area contributed by atoms with Crippen LogP contribution in [0.2, 0.25) is 0 Å². The molecule has 3 heteroatoms. The third kappa shape index (κ3) is 2.19. The van der Waals surface area contributed by atoms with Gasteiger partial charge in [-0.25, -0.2) is 0 Å². The number of hydrogen-bond acceptors (Lipinski definition) is 2. The number of carbonyl (C=O) groups is 2. The van der Waals surface area contributed by atoms with Gasteiger partial charge in [0.25, 0.3) is 11.7 Å². The number of carbonyl (C=O) groups excluding carboxylic acids is 2. The van der Waals surface area contributed by atoms with Gasteiger partial charge >= 0.3 is 0 Å². The Morgan fingerprint density at radius 2 is 2.18 bits per heavy atom. The summed E-state index contributed by atoms with van der Waals surface area (Å²) in [6, 6.07) is 0. The van der Waals surface area contributed by atoms with Crippen LogP contribution in [0.1, 0.15) is 39.5 Å². The van der Waals surface area contributed by atoms with Crippen LogP contribution < -0.4 is 0 Å². The van der Waals surface area contributed by atoms with Gasteiger partial charge in [-0.1, -0.05) is 32.4 Å². The van der Waals surface area contributed by atoms with Crippen LogP contribution in [0, 0.1) is 5.92 Å². The summed E-state index contributed by atoms with van der Waals surface area (Å²) in [5.74, 6) is -0.0494. The third-order valence-electron chi connectivity index (χ3n) is 3.70. The fourth-order valence-corrected chi connectivity index (χ4v) is 2.29. The van der Waals surface area contributed by atoms with Gasteiger partial charge in [-0.15, -0.1) is 0 Å². The quantitative estimate of drug-likeness (QED) is 0.699. The van der Waals surface area contributed by atoms with Gasteiger partial charge in [-0.2, -0.15) is 0 Å². The molecule has 0 bridgehead atoms. The highest BCUT2D eigenvalue weighted by atomic mass is 16.2. The zero-order chi connectivity index (χ0) is 12.4. The lowest BCUT2D eigenvalue weighted by Crippen LogP contribution is -2.30. The van der Waals surface area contributed by atoms with Crippen molar-refractivity contribution < 1.29 is 9.59 Å². The van der Waals surface area contributed by atoms with Crippen LogP contribution >= 0.6 is 0 Å². The normalized spacial score (nSPS) is 21.2. The second-order valence-corrected chi connectivity index (χ2v) is 4.89. The van der Waals surface area contributed by atoms with Crippen molar-refractivity contribution in [1.29, 1.82) is 0 Å². The van der Waals surface area contributed by atoms with E-state index in [2.05, 4.69) is 13.8 Å². The van der Waals surface area contributed by atoms with E-state index in [1.807, 2.05) is 12.2 Å². The van der Waals surface area contributed by atoms with E-state index < -0.39 is 0 Å². The van der Waals surface area contributed by atoms with Gasteiger partial charge in [-0.05, 0) is 25.2 Å². The molecule has 1 unspecified atom stereocenters. The molecule has 92 valence electrons. The molecule has 0 spiro atoms. The molecule has 0 aromatic carbocycles. The smallest absolute Gasteiger partial charge is 0.299 e. The largest absolute Gasteiger partial charge is 0.309 e. The first-order valence-electron chi connectivity index (χ1n) is 6.41. The highest BCUT2D eigenvalue weighted by Crippen LogP contribution is 2.30. The Morgan fingerprint density at radius 3 is 2.88 bits per heavy atom. The first-order valence-corrected chi connectivity index (χ1v) is 6.41. The number of allylic oxidation sites excluding steroid dienone is 3. The highest BCUT2D eigenvalue weighted by molar-refractivity contribution is 6.46. The second kappa shape index (κ2) is 4.86. The van der Waals surface area contributed by atoms with E-state index >= 15 is 0 Å². The molecule has 1 atom stereocenters. The zero-order valence-corrected chi connectivity index (χ0v) is 10.5. The van der Waals surface area contributed by atoms with Crippen LogP contribution in [0.15, 0.2) is 23.4 Å². The van der Waals surface area contributed by atoms with Crippen molar-refractivity contribution in [3.8, 4) is 0 Å². The third-order valence-corrected chi connectivity index (χ3v) is 3.70. The lowest BCUT2D eigenvalue weighted by Gasteiger charge is -2.22. The summed E-state index contributed by atoms with van der Waals surface area (Å²) in [4.78, 5) is 25.3. The molecule has 0 radical (unpaired) electrons. The molecule has 0 aromatic heterocycles. The van der Waals surface area contributed by atoms with Crippen molar-refractivity contribution in [1.82, 2.24) is 4.90 Å². The number of amides is 1. The van der Waals surface area contributed by atoms with Gasteiger partial charge < -0.3 is 4.90 Å². The average molecular weight is 233 g/mol. The molecule has 0 saturated carbocycles. The second-order valence-electron chi connectivity index (χ2n) is 4.89. The minimum Gasteiger partial charge on any atom is -0.309 e. The lowest BCUT2D eigenvalue weighted by atomic mass is 10.0. The summed E-state index contributed by atoms with van der Waals surface area (Å²) in [7, 11) is 0. The molecule has 2 aliphatic rings. The molecule has 1 aliphatic carbocycles. The summed E-state index contributed by atoms with van der Waals surface area (Å²) in [5, 5.41) is 0. The van der Waals surface area contributed by atoms with E-state index in [9.17, 15) is 9.59 Å². The van der Waals surface area contributed by atoms with Gasteiger partial charge in [0.15, 0.2) is 0 Å². The van der Waals surface area contributed by atoms with E-state index in [4.69, 9.17) is 0 Å². The maximum atomic E-state index is 11.9. The zero-order valence-electron chi connectivity index (χ0n) is 10.5. The summed E-state index contributed by atoms with van der Waals surface area (Å²) in [6.45, 7) is 5.01. The Balaban J connectivity index is 2.11. The maximum Gasteiger partial charge on any atom is 0.299 e. The molecular formula is C14H19NO2. The molecule has 2 rings (SSSR count). The minimum atomic E-state index is -0.329. The van der Waals surface area contributed by atoms with Crippen molar-refractivity contribution in [3.63, 3.8) is 0 Å². The van der Waals surface area contributed by atoms with Crippen LogP contribution in [0.3, 0.4) is 0 Å². The number of nitrogens with zero attached hydrogens (tertiary/aromatic N) is 1. The molecule has 1 aliphatic heterocycles. The molecule has 0 saturated heterocycles. The Kier molecular flexibility index (Phi) is 3.46. The highest BCUT2D eigenvalue weighted by Gasteiger charge is 2.37. The van der Waals surface area contributed by atoms with Gasteiger partial charge in [0, 0.05) is 17.8 Å². The Bertz CT molecular complexity index is 406. The summed E-state index contributed by atoms with van der Waals surface area (Å²) in [5.41, 5.74) is 1.58. The molecular weight excluding hydrogens is 214 g/mol. The Labute approximate surface area is 102 Å². The predicted octanol–water partition coefficient (Wildman–Crippen LogP) is 2.44. The predicted molar refractivity (Wildman–Crippen MR) is 66.2 cm³/mol. The maximum absolute atomic E-state index is 11.9. The van der Waals surface area contributed by atoms with Gasteiger partial charge in [0.1, 0.15) is 0 Å². The van der Waals surface area contributed by atoms with Crippen LogP contribution in [0.4, 0.5) is 0 Å². The first kappa shape index (κ1) is 12.1. The Morgan fingerprint density at radius 1 is 1.41 bits per heavy atom. The van der Waals surface area contributed by atoms with E-state index in [0.717, 1.165) is 31.4 Å². The number of Topliss-reactive ketones (excluding diaryl/α,β-unsaturated/α-hetero) is 1. The summed E-state index contributed by atoms with van der Waals surface area (Å²) >= 11 is 0. The molecule has 0 aromatic rings. The minimum absolute atomic E-state index is 0.319. The molecule has 1 amide bonds. The van der Waals surface area contributed by atoms with E-state index in [1.165, 1.54) is 0 Å². The van der Waals surface area contributed by atoms with Gasteiger partial charge in [0.05, 0.1) is 0 Å². The van der Waals surface area contributed by atoms with Crippen molar-refractivity contribution in [2.75, 3.05) is 6.54 Å². The fraction of sp³-hybridized carbons (Fsp3) is 0.571. The molecule has 1 heterocycles. The number of ketones is 1. The lowest BCUT2D eigenvalue weighted by molar-refractivity contribution is -0.139. The molecule has 3 nitrogen and oxygen atoms in total. The van der Waals surface area contributed by atoms with Crippen molar-refractivity contribution in [2.24, 2.45) is 5.92 Å². The van der Waals surface area contributed by atoms with Crippen LogP contribution in [-0.4, -0.2) is 23.1 Å². The Hall–Kier alpha value is -1.38. The van der Waals surface area contributed by atoms with Gasteiger partial charge in [-0.3, -0.25) is 9.59 Å². The summed E-state index contributed by atoms with van der Waals surface area (Å²) < 4.78 is 0. The number of rotatable bonds is 4. The van der Waals surface area contributed by atoms with Crippen molar-refractivity contribution >= 4 is 11.7 Å².